The molecular weight excluding hydrogens is 233 g/mol. The molecule has 1 fully saturated rings. The van der Waals surface area contributed by atoms with Crippen molar-refractivity contribution in [3.8, 4) is 0 Å². The van der Waals surface area contributed by atoms with Crippen LogP contribution in [0.5, 0.6) is 0 Å². The minimum Gasteiger partial charge on any atom is -0.315 e. The Morgan fingerprint density at radius 1 is 1.44 bits per heavy atom. The molecule has 1 aliphatic rings. The molecule has 2 rings (SSSR count). The quantitative estimate of drug-likeness (QED) is 0.759. The number of halogens is 5. The molecular formula is C8H8F5N3. The van der Waals surface area contributed by atoms with Crippen molar-refractivity contribution >= 4 is 0 Å². The molecule has 0 radical (unpaired) electrons. The van der Waals surface area contributed by atoms with E-state index >= 15 is 0 Å². The summed E-state index contributed by atoms with van der Waals surface area (Å²) < 4.78 is 63.4. The summed E-state index contributed by atoms with van der Waals surface area (Å²) in [6.07, 6.45) is -5.31. The maximum absolute atomic E-state index is 12.9. The Morgan fingerprint density at radius 2 is 1.94 bits per heavy atom. The summed E-state index contributed by atoms with van der Waals surface area (Å²) in [6.45, 7) is 0. The first-order valence-electron chi connectivity index (χ1n) is 4.36. The normalized spacial score (nSPS) is 28.2. The van der Waals surface area contributed by atoms with Gasteiger partial charge < -0.3 is 5.73 Å². The van der Waals surface area contributed by atoms with Crippen LogP contribution in [0.3, 0.4) is 0 Å². The molecule has 0 aromatic carbocycles. The van der Waals surface area contributed by atoms with Crippen LogP contribution in [0.15, 0.2) is 6.07 Å². The van der Waals surface area contributed by atoms with E-state index in [9.17, 15) is 22.0 Å². The van der Waals surface area contributed by atoms with Gasteiger partial charge in [0.1, 0.15) is 5.54 Å². The molecule has 2 N–H and O–H groups in total. The smallest absolute Gasteiger partial charge is 0.315 e. The Kier molecular flexibility index (Phi) is 1.93. The molecule has 1 aromatic heterocycles. The van der Waals surface area contributed by atoms with E-state index in [-0.39, 0.29) is 5.69 Å². The molecule has 16 heavy (non-hydrogen) atoms. The first-order valence-corrected chi connectivity index (χ1v) is 4.36. The van der Waals surface area contributed by atoms with Gasteiger partial charge in [-0.15, -0.1) is 0 Å². The van der Waals surface area contributed by atoms with Gasteiger partial charge in [-0.05, 0) is 6.07 Å². The van der Waals surface area contributed by atoms with Gasteiger partial charge in [0, 0.05) is 13.5 Å². The van der Waals surface area contributed by atoms with Crippen molar-refractivity contribution in [3.05, 3.63) is 17.5 Å². The first-order chi connectivity index (χ1) is 7.08. The van der Waals surface area contributed by atoms with Crippen LogP contribution < -0.4 is 5.73 Å². The molecule has 1 unspecified atom stereocenters. The number of nitrogens with two attached hydrogens (primary N) is 1. The second-order valence-corrected chi connectivity index (χ2v) is 3.89. The van der Waals surface area contributed by atoms with Gasteiger partial charge in [0.2, 0.25) is 0 Å². The predicted octanol–water partition coefficient (Wildman–Crippen LogP) is 1.63. The lowest BCUT2D eigenvalue weighted by molar-refractivity contribution is -0.141. The molecule has 1 atom stereocenters. The van der Waals surface area contributed by atoms with Gasteiger partial charge in [0.25, 0.3) is 5.92 Å². The molecule has 3 nitrogen and oxygen atoms in total. The summed E-state index contributed by atoms with van der Waals surface area (Å²) >= 11 is 0. The van der Waals surface area contributed by atoms with Crippen LogP contribution in [0, 0.1) is 0 Å². The van der Waals surface area contributed by atoms with Crippen molar-refractivity contribution in [1.29, 1.82) is 0 Å². The summed E-state index contributed by atoms with van der Waals surface area (Å²) in [6, 6.07) is 0.570. The molecule has 0 aliphatic heterocycles. The fraction of sp³-hybridized carbons (Fsp3) is 0.625. The third kappa shape index (κ3) is 1.40. The number of alkyl halides is 5. The van der Waals surface area contributed by atoms with Crippen LogP contribution in [0.2, 0.25) is 0 Å². The van der Waals surface area contributed by atoms with E-state index in [0.29, 0.717) is 6.07 Å². The zero-order valence-electron chi connectivity index (χ0n) is 8.15. The standard InChI is InChI=1S/C8H8F5N3/c1-16-5(6(14)3-7(6,9)10)2-4(15-16)8(11,12)13/h2H,3,14H2,1H3. The van der Waals surface area contributed by atoms with Gasteiger partial charge in [0.05, 0.1) is 5.69 Å². The maximum Gasteiger partial charge on any atom is 0.435 e. The average molecular weight is 241 g/mol. The van der Waals surface area contributed by atoms with Gasteiger partial charge in [-0.2, -0.15) is 18.3 Å². The van der Waals surface area contributed by atoms with Gasteiger partial charge in [0.15, 0.2) is 5.69 Å². The molecule has 1 heterocycles. The fourth-order valence-corrected chi connectivity index (χ4v) is 1.61. The molecule has 8 heteroatoms. The van der Waals surface area contributed by atoms with Gasteiger partial charge in [-0.25, -0.2) is 8.78 Å². The van der Waals surface area contributed by atoms with E-state index in [1.165, 1.54) is 0 Å². The number of nitrogens with zero attached hydrogens (tertiary/aromatic N) is 2. The summed E-state index contributed by atoms with van der Waals surface area (Å²) in [5, 5.41) is 3.13. The Morgan fingerprint density at radius 3 is 2.25 bits per heavy atom. The highest BCUT2D eigenvalue weighted by molar-refractivity contribution is 5.32. The van der Waals surface area contributed by atoms with Crippen molar-refractivity contribution in [2.75, 3.05) is 0 Å². The maximum atomic E-state index is 12.9. The number of rotatable bonds is 1. The highest BCUT2D eigenvalue weighted by atomic mass is 19.4. The Balaban J connectivity index is 2.42. The van der Waals surface area contributed by atoms with Crippen molar-refractivity contribution in [2.45, 2.75) is 24.1 Å². The highest BCUT2D eigenvalue weighted by Gasteiger charge is 2.71. The number of hydrogen-bond donors (Lipinski definition) is 1. The molecule has 1 aliphatic carbocycles. The van der Waals surface area contributed by atoms with Crippen LogP contribution in [-0.2, 0) is 18.8 Å². The minimum absolute atomic E-state index is 0.301. The number of hydrogen-bond acceptors (Lipinski definition) is 2. The number of aryl methyl sites for hydroxylation is 1. The number of aromatic nitrogens is 2. The van der Waals surface area contributed by atoms with Crippen LogP contribution in [0.4, 0.5) is 22.0 Å². The highest BCUT2D eigenvalue weighted by Crippen LogP contribution is 2.57. The zero-order chi connectivity index (χ0) is 12.4. The van der Waals surface area contributed by atoms with Crippen molar-refractivity contribution in [3.63, 3.8) is 0 Å². The minimum atomic E-state index is -4.66. The largest absolute Gasteiger partial charge is 0.435 e. The van der Waals surface area contributed by atoms with Gasteiger partial charge in [-0.1, -0.05) is 0 Å². The van der Waals surface area contributed by atoms with Crippen LogP contribution in [0.1, 0.15) is 17.8 Å². The molecule has 0 spiro atoms. The van der Waals surface area contributed by atoms with Crippen molar-refractivity contribution in [2.24, 2.45) is 12.8 Å². The monoisotopic (exact) mass is 241 g/mol. The lowest BCUT2D eigenvalue weighted by Gasteiger charge is -2.09. The summed E-state index contributed by atoms with van der Waals surface area (Å²) in [5.74, 6) is -3.16. The summed E-state index contributed by atoms with van der Waals surface area (Å²) in [4.78, 5) is 0. The average Bonchev–Trinajstić information content (AvgIpc) is 2.46. The summed E-state index contributed by atoms with van der Waals surface area (Å²) in [7, 11) is 1.16. The molecule has 0 bridgehead atoms. The third-order valence-corrected chi connectivity index (χ3v) is 2.66. The van der Waals surface area contributed by atoms with Gasteiger partial charge in [-0.3, -0.25) is 4.68 Å². The topological polar surface area (TPSA) is 43.8 Å². The lowest BCUT2D eigenvalue weighted by atomic mass is 10.1. The third-order valence-electron chi connectivity index (χ3n) is 2.66. The van der Waals surface area contributed by atoms with E-state index < -0.39 is 29.8 Å². The van der Waals surface area contributed by atoms with Crippen molar-refractivity contribution in [1.82, 2.24) is 9.78 Å². The Bertz CT molecular complexity index is 435. The second-order valence-electron chi connectivity index (χ2n) is 3.89. The molecule has 90 valence electrons. The van der Waals surface area contributed by atoms with E-state index in [1.807, 2.05) is 0 Å². The van der Waals surface area contributed by atoms with E-state index in [1.54, 1.807) is 0 Å². The van der Waals surface area contributed by atoms with Crippen molar-refractivity contribution < 1.29 is 22.0 Å². The SMILES string of the molecule is Cn1nc(C(F)(F)F)cc1C1(N)CC1(F)F. The van der Waals surface area contributed by atoms with E-state index in [2.05, 4.69) is 5.10 Å². The Labute approximate surface area is 87.0 Å². The molecule has 1 saturated carbocycles. The predicted molar refractivity (Wildman–Crippen MR) is 43.6 cm³/mol. The molecule has 1 aromatic rings. The van der Waals surface area contributed by atoms with Crippen LogP contribution >= 0.6 is 0 Å². The van der Waals surface area contributed by atoms with E-state index in [4.69, 9.17) is 5.73 Å². The Hall–Kier alpha value is -1.18. The fourth-order valence-electron chi connectivity index (χ4n) is 1.61. The molecule has 0 amide bonds. The first kappa shape index (κ1) is 11.3. The van der Waals surface area contributed by atoms with Crippen LogP contribution in [-0.4, -0.2) is 15.7 Å². The zero-order valence-corrected chi connectivity index (χ0v) is 8.15. The molecule has 0 saturated heterocycles. The van der Waals surface area contributed by atoms with Crippen LogP contribution in [0.25, 0.3) is 0 Å². The second kappa shape index (κ2) is 2.73. The summed E-state index contributed by atoms with van der Waals surface area (Å²) in [5.41, 5.74) is 1.80. The van der Waals surface area contributed by atoms with Gasteiger partial charge >= 0.3 is 6.18 Å². The van der Waals surface area contributed by atoms with E-state index in [0.717, 1.165) is 11.7 Å². The lowest BCUT2D eigenvalue weighted by Crippen LogP contribution is -2.29.